The molecule has 0 aromatic heterocycles. The van der Waals surface area contributed by atoms with Gasteiger partial charge in [-0.25, -0.2) is 0 Å². The zero-order chi connectivity index (χ0) is 6.74. The van der Waals surface area contributed by atoms with E-state index < -0.39 is 0 Å². The molecule has 9 heavy (non-hydrogen) atoms. The van der Waals surface area contributed by atoms with Gasteiger partial charge in [-0.15, -0.1) is 0 Å². The zero-order valence-electron chi connectivity index (χ0n) is 5.76. The molecule has 0 bridgehead atoms. The third-order valence-corrected chi connectivity index (χ3v) is 1.75. The molecule has 0 spiro atoms. The van der Waals surface area contributed by atoms with E-state index in [1.165, 1.54) is 0 Å². The van der Waals surface area contributed by atoms with E-state index in [4.69, 9.17) is 0 Å². The lowest BCUT2D eigenvalue weighted by Gasteiger charge is -1.93. The highest BCUT2D eigenvalue weighted by atomic mass is 16.1. The molecule has 50 valence electrons. The summed E-state index contributed by atoms with van der Waals surface area (Å²) in [4.78, 5) is 10.3. The van der Waals surface area contributed by atoms with E-state index in [-0.39, 0.29) is 5.41 Å². The molecular weight excluding hydrogens is 112 g/mol. The van der Waals surface area contributed by atoms with E-state index in [1.54, 1.807) is 0 Å². The predicted octanol–water partition coefficient (Wildman–Crippen LogP) is 1.93. The molecule has 0 atom stereocenters. The Bertz CT molecular complexity index is 132. The quantitative estimate of drug-likeness (QED) is 0.415. The maximum absolute atomic E-state index is 10.3. The second-order valence-electron chi connectivity index (χ2n) is 2.66. The van der Waals surface area contributed by atoms with Gasteiger partial charge in [0.2, 0.25) is 0 Å². The Morgan fingerprint density at radius 1 is 1.56 bits per heavy atom. The summed E-state index contributed by atoms with van der Waals surface area (Å²) in [5.74, 6) is 0. The Hall–Kier alpha value is -0.590. The van der Waals surface area contributed by atoms with Gasteiger partial charge in [-0.1, -0.05) is 19.1 Å². The van der Waals surface area contributed by atoms with Crippen molar-refractivity contribution >= 4 is 6.29 Å². The van der Waals surface area contributed by atoms with Gasteiger partial charge in [0.25, 0.3) is 0 Å². The lowest BCUT2D eigenvalue weighted by molar-refractivity contribution is -0.110. The van der Waals surface area contributed by atoms with Crippen LogP contribution in [-0.4, -0.2) is 6.29 Å². The van der Waals surface area contributed by atoms with Gasteiger partial charge in [-0.05, 0) is 19.3 Å². The second kappa shape index (κ2) is 2.34. The normalized spacial score (nSPS) is 22.3. The van der Waals surface area contributed by atoms with Crippen molar-refractivity contribution in [3.05, 3.63) is 12.2 Å². The van der Waals surface area contributed by atoms with Crippen molar-refractivity contribution in [2.24, 2.45) is 5.41 Å². The van der Waals surface area contributed by atoms with Crippen LogP contribution in [0.5, 0.6) is 0 Å². The SMILES string of the molecule is CC/C=C/C1(C=O)CC1. The van der Waals surface area contributed by atoms with Crippen molar-refractivity contribution in [1.29, 1.82) is 0 Å². The summed E-state index contributed by atoms with van der Waals surface area (Å²) in [6.07, 6.45) is 8.34. The maximum Gasteiger partial charge on any atom is 0.129 e. The largest absolute Gasteiger partial charge is 0.302 e. The minimum Gasteiger partial charge on any atom is -0.302 e. The van der Waals surface area contributed by atoms with Crippen LogP contribution in [0, 0.1) is 5.41 Å². The van der Waals surface area contributed by atoms with Crippen molar-refractivity contribution in [1.82, 2.24) is 0 Å². The third kappa shape index (κ3) is 1.41. The monoisotopic (exact) mass is 124 g/mol. The first-order chi connectivity index (χ1) is 4.33. The molecule has 1 aliphatic rings. The molecule has 0 saturated heterocycles. The second-order valence-corrected chi connectivity index (χ2v) is 2.66. The van der Waals surface area contributed by atoms with Gasteiger partial charge in [-0.2, -0.15) is 0 Å². The Labute approximate surface area is 55.8 Å². The molecule has 1 heteroatoms. The average Bonchev–Trinajstić information content (AvgIpc) is 2.65. The van der Waals surface area contributed by atoms with E-state index >= 15 is 0 Å². The number of hydrogen-bond donors (Lipinski definition) is 0. The van der Waals surface area contributed by atoms with Gasteiger partial charge in [0.1, 0.15) is 6.29 Å². The van der Waals surface area contributed by atoms with Gasteiger partial charge in [0, 0.05) is 5.41 Å². The predicted molar refractivity (Wildman–Crippen MR) is 37.2 cm³/mol. The molecule has 1 saturated carbocycles. The van der Waals surface area contributed by atoms with Crippen LogP contribution in [-0.2, 0) is 4.79 Å². The number of hydrogen-bond acceptors (Lipinski definition) is 1. The maximum atomic E-state index is 10.3. The van der Waals surface area contributed by atoms with Gasteiger partial charge >= 0.3 is 0 Å². The average molecular weight is 124 g/mol. The van der Waals surface area contributed by atoms with Crippen LogP contribution in [0.1, 0.15) is 26.2 Å². The standard InChI is InChI=1S/C8H12O/c1-2-3-4-8(7-9)5-6-8/h3-4,7H,2,5-6H2,1H3/b4-3+. The fourth-order valence-corrected chi connectivity index (χ4v) is 0.821. The van der Waals surface area contributed by atoms with Crippen LogP contribution in [0.15, 0.2) is 12.2 Å². The summed E-state index contributed by atoms with van der Waals surface area (Å²) in [7, 11) is 0. The topological polar surface area (TPSA) is 17.1 Å². The molecule has 1 fully saturated rings. The first kappa shape index (κ1) is 6.53. The summed E-state index contributed by atoms with van der Waals surface area (Å²) in [6, 6.07) is 0. The molecule has 0 heterocycles. The highest BCUT2D eigenvalue weighted by Gasteiger charge is 2.39. The molecule has 0 aromatic rings. The van der Waals surface area contributed by atoms with Crippen molar-refractivity contribution in [2.75, 3.05) is 0 Å². The van der Waals surface area contributed by atoms with Crippen LogP contribution in [0.25, 0.3) is 0 Å². The van der Waals surface area contributed by atoms with Crippen LogP contribution in [0.4, 0.5) is 0 Å². The number of aldehydes is 1. The Morgan fingerprint density at radius 2 is 2.22 bits per heavy atom. The Morgan fingerprint density at radius 3 is 2.56 bits per heavy atom. The summed E-state index contributed by atoms with van der Waals surface area (Å²) >= 11 is 0. The molecule has 0 N–H and O–H groups in total. The van der Waals surface area contributed by atoms with E-state index in [1.807, 2.05) is 6.08 Å². The lowest BCUT2D eigenvalue weighted by Crippen LogP contribution is -1.94. The minimum atomic E-state index is -0.0178. The highest BCUT2D eigenvalue weighted by molar-refractivity contribution is 5.66. The number of rotatable bonds is 3. The molecule has 0 aliphatic heterocycles. The molecule has 1 nitrogen and oxygen atoms in total. The van der Waals surface area contributed by atoms with Gasteiger partial charge in [-0.3, -0.25) is 0 Å². The van der Waals surface area contributed by atoms with Gasteiger partial charge < -0.3 is 4.79 Å². The number of carbonyl (C=O) groups is 1. The van der Waals surface area contributed by atoms with Crippen LogP contribution in [0.3, 0.4) is 0 Å². The van der Waals surface area contributed by atoms with Crippen molar-refractivity contribution in [3.63, 3.8) is 0 Å². The summed E-state index contributed by atoms with van der Waals surface area (Å²) < 4.78 is 0. The van der Waals surface area contributed by atoms with E-state index in [0.29, 0.717) is 0 Å². The zero-order valence-corrected chi connectivity index (χ0v) is 5.76. The molecule has 0 unspecified atom stereocenters. The first-order valence-electron chi connectivity index (χ1n) is 3.47. The van der Waals surface area contributed by atoms with E-state index in [2.05, 4.69) is 13.0 Å². The van der Waals surface area contributed by atoms with E-state index in [9.17, 15) is 4.79 Å². The molecular formula is C8H12O. The minimum absolute atomic E-state index is 0.0178. The van der Waals surface area contributed by atoms with Crippen LogP contribution < -0.4 is 0 Å². The lowest BCUT2D eigenvalue weighted by atomic mass is 10.1. The van der Waals surface area contributed by atoms with Crippen molar-refractivity contribution in [2.45, 2.75) is 26.2 Å². The Balaban J connectivity index is 2.41. The fraction of sp³-hybridized carbons (Fsp3) is 0.625. The fourth-order valence-electron chi connectivity index (χ4n) is 0.821. The summed E-state index contributed by atoms with van der Waals surface area (Å²) in [5, 5.41) is 0. The molecule has 1 aliphatic carbocycles. The van der Waals surface area contributed by atoms with Crippen LogP contribution >= 0.6 is 0 Å². The first-order valence-corrected chi connectivity index (χ1v) is 3.47. The van der Waals surface area contributed by atoms with Crippen molar-refractivity contribution < 1.29 is 4.79 Å². The smallest absolute Gasteiger partial charge is 0.129 e. The highest BCUT2D eigenvalue weighted by Crippen LogP contribution is 2.44. The Kier molecular flexibility index (Phi) is 1.70. The molecule has 0 amide bonds. The van der Waals surface area contributed by atoms with E-state index in [0.717, 1.165) is 25.5 Å². The summed E-state index contributed by atoms with van der Waals surface area (Å²) in [6.45, 7) is 2.08. The van der Waals surface area contributed by atoms with Crippen molar-refractivity contribution in [3.8, 4) is 0 Å². The third-order valence-electron chi connectivity index (χ3n) is 1.75. The molecule has 0 aromatic carbocycles. The number of carbonyl (C=O) groups excluding carboxylic acids is 1. The van der Waals surface area contributed by atoms with Gasteiger partial charge in [0.15, 0.2) is 0 Å². The summed E-state index contributed by atoms with van der Waals surface area (Å²) in [5.41, 5.74) is -0.0178. The molecule has 1 rings (SSSR count). The van der Waals surface area contributed by atoms with Crippen LogP contribution in [0.2, 0.25) is 0 Å². The molecule has 0 radical (unpaired) electrons. The van der Waals surface area contributed by atoms with Gasteiger partial charge in [0.05, 0.1) is 0 Å². The number of allylic oxidation sites excluding steroid dienone is 2.